The number of benzene rings is 1. The number of nitrogens with one attached hydrogen (secondary N) is 1. The minimum absolute atomic E-state index is 0.00757. The van der Waals surface area contributed by atoms with Gasteiger partial charge in [0, 0.05) is 22.7 Å². The Morgan fingerprint density at radius 2 is 2.14 bits per heavy atom. The molecule has 1 aliphatic rings. The highest BCUT2D eigenvalue weighted by Crippen LogP contribution is 2.38. The van der Waals surface area contributed by atoms with Crippen LogP contribution in [0.5, 0.6) is 0 Å². The van der Waals surface area contributed by atoms with Crippen LogP contribution in [0.25, 0.3) is 0 Å². The van der Waals surface area contributed by atoms with E-state index in [9.17, 15) is 4.39 Å². The van der Waals surface area contributed by atoms with Crippen molar-refractivity contribution in [2.75, 3.05) is 13.2 Å². The lowest BCUT2D eigenvalue weighted by molar-refractivity contribution is -0.0291. The molecule has 1 saturated carbocycles. The lowest BCUT2D eigenvalue weighted by atomic mass is 9.77. The summed E-state index contributed by atoms with van der Waals surface area (Å²) in [4.78, 5) is 0. The van der Waals surface area contributed by atoms with Crippen LogP contribution in [0.4, 0.5) is 4.39 Å². The van der Waals surface area contributed by atoms with E-state index in [0.29, 0.717) is 27.1 Å². The Hall–Kier alpha value is -0.160. The predicted molar refractivity (Wildman–Crippen MR) is 88.3 cm³/mol. The lowest BCUT2D eigenvalue weighted by Crippen LogP contribution is -2.35. The van der Waals surface area contributed by atoms with Crippen LogP contribution in [-0.4, -0.2) is 19.3 Å². The zero-order chi connectivity index (χ0) is 15.4. The SMILES string of the molecule is CCNC(CC1CC(OCC)C1)c1cc(Cl)c(Br)cc1F. The Labute approximate surface area is 139 Å². The zero-order valence-corrected chi connectivity index (χ0v) is 14.8. The molecule has 0 aromatic heterocycles. The highest BCUT2D eigenvalue weighted by molar-refractivity contribution is 9.10. The van der Waals surface area contributed by atoms with Gasteiger partial charge in [-0.15, -0.1) is 0 Å². The quantitative estimate of drug-likeness (QED) is 0.667. The first-order valence-corrected chi connectivity index (χ1v) is 8.71. The van der Waals surface area contributed by atoms with E-state index in [-0.39, 0.29) is 11.9 Å². The van der Waals surface area contributed by atoms with E-state index < -0.39 is 0 Å². The molecule has 0 spiro atoms. The molecule has 2 nitrogen and oxygen atoms in total. The fourth-order valence-electron chi connectivity index (χ4n) is 2.94. The van der Waals surface area contributed by atoms with Gasteiger partial charge in [-0.3, -0.25) is 0 Å². The van der Waals surface area contributed by atoms with Crippen LogP contribution >= 0.6 is 27.5 Å². The standard InChI is InChI=1S/C16H22BrClFNO/c1-3-20-16(7-10-5-11(6-10)21-4-2)12-8-14(18)13(17)9-15(12)19/h8-11,16,20H,3-7H2,1-2H3. The second-order valence-corrected chi connectivity index (χ2v) is 6.81. The summed E-state index contributed by atoms with van der Waals surface area (Å²) < 4.78 is 20.4. The first-order valence-electron chi connectivity index (χ1n) is 7.54. The topological polar surface area (TPSA) is 21.3 Å². The Bertz CT molecular complexity index is 480. The molecule has 5 heteroatoms. The van der Waals surface area contributed by atoms with Crippen LogP contribution in [-0.2, 0) is 4.74 Å². The van der Waals surface area contributed by atoms with Gasteiger partial charge in [-0.2, -0.15) is 0 Å². The normalized spacial score (nSPS) is 22.9. The van der Waals surface area contributed by atoms with Gasteiger partial charge in [-0.25, -0.2) is 4.39 Å². The van der Waals surface area contributed by atoms with Gasteiger partial charge in [0.25, 0.3) is 0 Å². The molecule has 0 aliphatic heterocycles. The predicted octanol–water partition coefficient (Wildman–Crippen LogP) is 5.10. The van der Waals surface area contributed by atoms with Gasteiger partial charge >= 0.3 is 0 Å². The molecule has 1 fully saturated rings. The van der Waals surface area contributed by atoms with Crippen LogP contribution in [0, 0.1) is 11.7 Å². The molecule has 1 aromatic carbocycles. The van der Waals surface area contributed by atoms with Crippen molar-refractivity contribution < 1.29 is 9.13 Å². The average Bonchev–Trinajstić information content (AvgIpc) is 2.40. The van der Waals surface area contributed by atoms with Crippen molar-refractivity contribution in [3.8, 4) is 0 Å². The molecule has 0 saturated heterocycles. The molecule has 1 unspecified atom stereocenters. The summed E-state index contributed by atoms with van der Waals surface area (Å²) in [6.07, 6.45) is 3.45. The molecular weight excluding hydrogens is 357 g/mol. The van der Waals surface area contributed by atoms with Crippen molar-refractivity contribution in [1.82, 2.24) is 5.32 Å². The third-order valence-corrected chi connectivity index (χ3v) is 5.23. The second-order valence-electron chi connectivity index (χ2n) is 5.55. The first-order chi connectivity index (χ1) is 10.0. The first kappa shape index (κ1) is 17.2. The van der Waals surface area contributed by atoms with Crippen molar-refractivity contribution in [3.63, 3.8) is 0 Å². The summed E-state index contributed by atoms with van der Waals surface area (Å²) in [6, 6.07) is 3.19. The lowest BCUT2D eigenvalue weighted by Gasteiger charge is -2.37. The van der Waals surface area contributed by atoms with Crippen molar-refractivity contribution in [2.45, 2.75) is 45.3 Å². The number of halogens is 3. The summed E-state index contributed by atoms with van der Waals surface area (Å²) in [5.41, 5.74) is 0.657. The van der Waals surface area contributed by atoms with Crippen LogP contribution in [0.3, 0.4) is 0 Å². The summed E-state index contributed by atoms with van der Waals surface area (Å²) in [6.45, 7) is 5.63. The molecule has 2 rings (SSSR count). The molecule has 1 atom stereocenters. The fourth-order valence-corrected chi connectivity index (χ4v) is 3.43. The summed E-state index contributed by atoms with van der Waals surface area (Å²) in [5, 5.41) is 3.93. The van der Waals surface area contributed by atoms with E-state index in [2.05, 4.69) is 21.2 Å². The van der Waals surface area contributed by atoms with Gasteiger partial charge in [-0.05, 0) is 66.7 Å². The van der Waals surface area contributed by atoms with Gasteiger partial charge in [-0.1, -0.05) is 18.5 Å². The van der Waals surface area contributed by atoms with Crippen LogP contribution in [0.1, 0.15) is 44.7 Å². The van der Waals surface area contributed by atoms with Gasteiger partial charge in [0.05, 0.1) is 11.1 Å². The van der Waals surface area contributed by atoms with E-state index >= 15 is 0 Å². The van der Waals surface area contributed by atoms with Gasteiger partial charge in [0.1, 0.15) is 5.82 Å². The average molecular weight is 379 g/mol. The Morgan fingerprint density at radius 3 is 2.76 bits per heavy atom. The molecule has 0 radical (unpaired) electrons. The monoisotopic (exact) mass is 377 g/mol. The minimum atomic E-state index is -0.210. The van der Waals surface area contributed by atoms with E-state index in [1.54, 1.807) is 6.07 Å². The molecule has 0 bridgehead atoms. The Morgan fingerprint density at radius 1 is 1.43 bits per heavy atom. The van der Waals surface area contributed by atoms with Gasteiger partial charge in [0.15, 0.2) is 0 Å². The molecule has 0 amide bonds. The van der Waals surface area contributed by atoms with E-state index in [0.717, 1.165) is 32.4 Å². The smallest absolute Gasteiger partial charge is 0.129 e. The fraction of sp³-hybridized carbons (Fsp3) is 0.625. The van der Waals surface area contributed by atoms with Crippen molar-refractivity contribution in [3.05, 3.63) is 33.0 Å². The van der Waals surface area contributed by atoms with Gasteiger partial charge < -0.3 is 10.1 Å². The van der Waals surface area contributed by atoms with E-state index in [4.69, 9.17) is 16.3 Å². The van der Waals surface area contributed by atoms with E-state index in [1.807, 2.05) is 13.8 Å². The van der Waals surface area contributed by atoms with Crippen molar-refractivity contribution in [2.24, 2.45) is 5.92 Å². The number of ether oxygens (including phenoxy) is 1. The Kier molecular flexibility index (Phi) is 6.48. The van der Waals surface area contributed by atoms with Crippen molar-refractivity contribution >= 4 is 27.5 Å². The maximum absolute atomic E-state index is 14.2. The number of hydrogen-bond acceptors (Lipinski definition) is 2. The molecular formula is C16H22BrClFNO. The summed E-state index contributed by atoms with van der Waals surface area (Å²) in [5.74, 6) is 0.380. The molecule has 1 N–H and O–H groups in total. The summed E-state index contributed by atoms with van der Waals surface area (Å²) >= 11 is 9.38. The number of hydrogen-bond donors (Lipinski definition) is 1. The zero-order valence-electron chi connectivity index (χ0n) is 12.5. The Balaban J connectivity index is 2.04. The summed E-state index contributed by atoms with van der Waals surface area (Å²) in [7, 11) is 0. The largest absolute Gasteiger partial charge is 0.378 e. The molecule has 1 aromatic rings. The van der Waals surface area contributed by atoms with E-state index in [1.165, 1.54) is 6.07 Å². The van der Waals surface area contributed by atoms with Crippen LogP contribution < -0.4 is 5.32 Å². The minimum Gasteiger partial charge on any atom is -0.378 e. The van der Waals surface area contributed by atoms with Crippen LogP contribution in [0.15, 0.2) is 16.6 Å². The second kappa shape index (κ2) is 7.91. The highest BCUT2D eigenvalue weighted by atomic mass is 79.9. The van der Waals surface area contributed by atoms with Crippen LogP contribution in [0.2, 0.25) is 5.02 Å². The third-order valence-electron chi connectivity index (χ3n) is 4.03. The molecule has 21 heavy (non-hydrogen) atoms. The maximum atomic E-state index is 14.2. The molecule has 118 valence electrons. The molecule has 1 aliphatic carbocycles. The molecule has 0 heterocycles. The maximum Gasteiger partial charge on any atom is 0.129 e. The third kappa shape index (κ3) is 4.41. The van der Waals surface area contributed by atoms with Crippen molar-refractivity contribution in [1.29, 1.82) is 0 Å². The number of rotatable bonds is 7. The van der Waals surface area contributed by atoms with Gasteiger partial charge in [0.2, 0.25) is 0 Å². The highest BCUT2D eigenvalue weighted by Gasteiger charge is 2.32.